The van der Waals surface area contributed by atoms with Crippen LogP contribution >= 0.6 is 0 Å². The standard InChI is InChI=1S/C19H22O3/c1-20-18(21-2)13-14-22-19(15-18,16-9-5-3-6-10-16)17-11-7-4-8-12-17/h3-12H,13-15H2,1-2H3. The number of hydrogen-bond acceptors (Lipinski definition) is 3. The molecule has 1 fully saturated rings. The summed E-state index contributed by atoms with van der Waals surface area (Å²) in [5, 5.41) is 0. The molecule has 0 amide bonds. The predicted octanol–water partition coefficient (Wildman–Crippen LogP) is 3.73. The molecule has 2 aromatic carbocycles. The minimum Gasteiger partial charge on any atom is -0.365 e. The molecule has 0 spiro atoms. The maximum Gasteiger partial charge on any atom is 0.173 e. The number of rotatable bonds is 4. The third-order valence-corrected chi connectivity index (χ3v) is 4.57. The van der Waals surface area contributed by atoms with Crippen LogP contribution in [0.4, 0.5) is 0 Å². The molecule has 1 heterocycles. The summed E-state index contributed by atoms with van der Waals surface area (Å²) in [6.07, 6.45) is 1.35. The maximum absolute atomic E-state index is 6.34. The normalized spacial score (nSPS) is 19.7. The van der Waals surface area contributed by atoms with E-state index in [1.54, 1.807) is 14.2 Å². The van der Waals surface area contributed by atoms with E-state index >= 15 is 0 Å². The zero-order valence-electron chi connectivity index (χ0n) is 13.1. The van der Waals surface area contributed by atoms with Gasteiger partial charge in [0.2, 0.25) is 0 Å². The van der Waals surface area contributed by atoms with Crippen molar-refractivity contribution < 1.29 is 14.2 Å². The Labute approximate surface area is 131 Å². The summed E-state index contributed by atoms with van der Waals surface area (Å²) in [6.45, 7) is 0.589. The fourth-order valence-electron chi connectivity index (χ4n) is 3.28. The van der Waals surface area contributed by atoms with Crippen LogP contribution in [-0.4, -0.2) is 26.6 Å². The molecule has 0 aliphatic carbocycles. The SMILES string of the molecule is COC1(OC)CCOC(c2ccccc2)(c2ccccc2)C1. The van der Waals surface area contributed by atoms with Crippen LogP contribution in [0.1, 0.15) is 24.0 Å². The summed E-state index contributed by atoms with van der Waals surface area (Å²) in [6, 6.07) is 20.6. The molecule has 1 saturated heterocycles. The van der Waals surface area contributed by atoms with Crippen LogP contribution in [0.3, 0.4) is 0 Å². The van der Waals surface area contributed by atoms with Crippen molar-refractivity contribution in [3.05, 3.63) is 71.8 Å². The van der Waals surface area contributed by atoms with Gasteiger partial charge in [-0.05, 0) is 11.1 Å². The van der Waals surface area contributed by atoms with Crippen molar-refractivity contribution in [1.29, 1.82) is 0 Å². The minimum atomic E-state index is -0.621. The topological polar surface area (TPSA) is 27.7 Å². The van der Waals surface area contributed by atoms with Crippen molar-refractivity contribution in [2.75, 3.05) is 20.8 Å². The first-order chi connectivity index (χ1) is 10.7. The van der Waals surface area contributed by atoms with Crippen LogP contribution in [-0.2, 0) is 19.8 Å². The van der Waals surface area contributed by atoms with E-state index in [2.05, 4.69) is 24.3 Å². The summed E-state index contributed by atoms with van der Waals surface area (Å²) >= 11 is 0. The first-order valence-corrected chi connectivity index (χ1v) is 7.60. The molecule has 0 unspecified atom stereocenters. The molecule has 1 aliphatic heterocycles. The third kappa shape index (κ3) is 2.56. The molecule has 3 rings (SSSR count). The van der Waals surface area contributed by atoms with E-state index in [4.69, 9.17) is 14.2 Å². The number of ether oxygens (including phenoxy) is 3. The smallest absolute Gasteiger partial charge is 0.173 e. The van der Waals surface area contributed by atoms with Crippen LogP contribution in [0.5, 0.6) is 0 Å². The highest BCUT2D eigenvalue weighted by Crippen LogP contribution is 2.46. The van der Waals surface area contributed by atoms with E-state index in [1.807, 2.05) is 36.4 Å². The van der Waals surface area contributed by atoms with Crippen molar-refractivity contribution in [3.8, 4) is 0 Å². The van der Waals surface area contributed by atoms with E-state index in [9.17, 15) is 0 Å². The van der Waals surface area contributed by atoms with Crippen molar-refractivity contribution in [1.82, 2.24) is 0 Å². The molecule has 2 aromatic rings. The molecule has 116 valence electrons. The number of hydrogen-bond donors (Lipinski definition) is 0. The second kappa shape index (κ2) is 6.21. The summed E-state index contributed by atoms with van der Waals surface area (Å²) < 4.78 is 17.8. The van der Waals surface area contributed by atoms with Crippen molar-refractivity contribution in [3.63, 3.8) is 0 Å². The van der Waals surface area contributed by atoms with E-state index in [0.29, 0.717) is 13.0 Å². The molecular formula is C19H22O3. The molecule has 0 bridgehead atoms. The van der Waals surface area contributed by atoms with Gasteiger partial charge in [0.05, 0.1) is 6.61 Å². The van der Waals surface area contributed by atoms with E-state index < -0.39 is 11.4 Å². The van der Waals surface area contributed by atoms with Gasteiger partial charge < -0.3 is 14.2 Å². The Balaban J connectivity index is 2.12. The summed E-state index contributed by atoms with van der Waals surface area (Å²) in [4.78, 5) is 0. The van der Waals surface area contributed by atoms with Gasteiger partial charge in [-0.3, -0.25) is 0 Å². The zero-order valence-corrected chi connectivity index (χ0v) is 13.1. The fraction of sp³-hybridized carbons (Fsp3) is 0.368. The average Bonchev–Trinajstić information content (AvgIpc) is 2.63. The zero-order chi connectivity index (χ0) is 15.5. The number of benzene rings is 2. The Hall–Kier alpha value is -1.68. The lowest BCUT2D eigenvalue weighted by Crippen LogP contribution is -2.50. The van der Waals surface area contributed by atoms with Gasteiger partial charge in [0.15, 0.2) is 5.79 Å². The first kappa shape index (κ1) is 15.2. The molecule has 3 nitrogen and oxygen atoms in total. The van der Waals surface area contributed by atoms with Crippen LogP contribution in [0, 0.1) is 0 Å². The van der Waals surface area contributed by atoms with E-state index in [0.717, 1.165) is 17.5 Å². The highest BCUT2D eigenvalue weighted by Gasteiger charge is 2.48. The Bertz CT molecular complexity index is 551. The molecule has 3 heteroatoms. The average molecular weight is 298 g/mol. The molecule has 0 saturated carbocycles. The van der Waals surface area contributed by atoms with E-state index in [-0.39, 0.29) is 0 Å². The molecule has 0 atom stereocenters. The molecule has 0 radical (unpaired) electrons. The molecule has 22 heavy (non-hydrogen) atoms. The maximum atomic E-state index is 6.34. The Kier molecular flexibility index (Phi) is 4.30. The van der Waals surface area contributed by atoms with Gasteiger partial charge in [0, 0.05) is 27.1 Å². The Morgan fingerprint density at radius 1 is 0.818 bits per heavy atom. The second-order valence-corrected chi connectivity index (χ2v) is 5.65. The molecular weight excluding hydrogens is 276 g/mol. The quantitative estimate of drug-likeness (QED) is 0.805. The second-order valence-electron chi connectivity index (χ2n) is 5.65. The van der Waals surface area contributed by atoms with Crippen LogP contribution in [0.15, 0.2) is 60.7 Å². The number of methoxy groups -OCH3 is 2. The van der Waals surface area contributed by atoms with Gasteiger partial charge in [-0.15, -0.1) is 0 Å². The highest BCUT2D eigenvalue weighted by molar-refractivity contribution is 5.37. The summed E-state index contributed by atoms with van der Waals surface area (Å²) in [5.41, 5.74) is 1.70. The molecule has 1 aliphatic rings. The van der Waals surface area contributed by atoms with Gasteiger partial charge in [-0.25, -0.2) is 0 Å². The van der Waals surface area contributed by atoms with Crippen molar-refractivity contribution in [2.24, 2.45) is 0 Å². The monoisotopic (exact) mass is 298 g/mol. The van der Waals surface area contributed by atoms with Crippen molar-refractivity contribution in [2.45, 2.75) is 24.2 Å². The van der Waals surface area contributed by atoms with Gasteiger partial charge in [-0.2, -0.15) is 0 Å². The van der Waals surface area contributed by atoms with Gasteiger partial charge in [-0.1, -0.05) is 60.7 Å². The van der Waals surface area contributed by atoms with Crippen LogP contribution in [0.2, 0.25) is 0 Å². The largest absolute Gasteiger partial charge is 0.365 e. The predicted molar refractivity (Wildman–Crippen MR) is 85.6 cm³/mol. The molecule has 0 N–H and O–H groups in total. The first-order valence-electron chi connectivity index (χ1n) is 7.60. The van der Waals surface area contributed by atoms with Gasteiger partial charge >= 0.3 is 0 Å². The molecule has 0 aromatic heterocycles. The van der Waals surface area contributed by atoms with Crippen molar-refractivity contribution >= 4 is 0 Å². The summed E-state index contributed by atoms with van der Waals surface area (Å²) in [5.74, 6) is -0.621. The lowest BCUT2D eigenvalue weighted by Gasteiger charge is -2.46. The lowest BCUT2D eigenvalue weighted by atomic mass is 9.78. The van der Waals surface area contributed by atoms with Gasteiger partial charge in [0.25, 0.3) is 0 Å². The summed E-state index contributed by atoms with van der Waals surface area (Å²) in [7, 11) is 3.41. The Morgan fingerprint density at radius 3 is 1.77 bits per heavy atom. The van der Waals surface area contributed by atoms with E-state index in [1.165, 1.54) is 0 Å². The van der Waals surface area contributed by atoms with Gasteiger partial charge in [0.1, 0.15) is 5.60 Å². The van der Waals surface area contributed by atoms with Crippen LogP contribution in [0.25, 0.3) is 0 Å². The minimum absolute atomic E-state index is 0.549. The fourth-order valence-corrected chi connectivity index (χ4v) is 3.28. The lowest BCUT2D eigenvalue weighted by molar-refractivity contribution is -0.274. The van der Waals surface area contributed by atoms with Crippen LogP contribution < -0.4 is 0 Å². The third-order valence-electron chi connectivity index (χ3n) is 4.57. The highest BCUT2D eigenvalue weighted by atomic mass is 16.7. The Morgan fingerprint density at radius 2 is 1.32 bits per heavy atom.